The largest absolute Gasteiger partial charge is 0.457 e. The summed E-state index contributed by atoms with van der Waals surface area (Å²) >= 11 is 0. The number of hydrogen-bond acceptors (Lipinski definition) is 11. The normalized spacial score (nSPS) is 18.6. The second-order valence-corrected chi connectivity index (χ2v) is 23.4. The van der Waals surface area contributed by atoms with E-state index in [9.17, 15) is 33.1 Å². The lowest BCUT2D eigenvalue weighted by Gasteiger charge is -2.41. The third-order valence-electron chi connectivity index (χ3n) is 15.1. The van der Waals surface area contributed by atoms with Crippen LogP contribution in [0, 0.1) is 0 Å². The highest BCUT2D eigenvalue weighted by molar-refractivity contribution is 7.80. The van der Waals surface area contributed by atoms with Crippen LogP contribution in [0.2, 0.25) is 0 Å². The summed E-state index contributed by atoms with van der Waals surface area (Å²) in [7, 11) is -5.07. The number of aliphatic hydroxyl groups excluding tert-OH is 3. The highest BCUT2D eigenvalue weighted by Gasteiger charge is 2.48. The van der Waals surface area contributed by atoms with Gasteiger partial charge in [-0.2, -0.15) is 8.42 Å². The predicted molar refractivity (Wildman–Crippen MR) is 308 cm³/mol. The molecule has 0 aromatic carbocycles. The van der Waals surface area contributed by atoms with Crippen LogP contribution in [-0.4, -0.2) is 97.5 Å². The van der Waals surface area contributed by atoms with E-state index in [4.69, 9.17) is 18.9 Å². The number of carbonyl (C=O) groups excluding carboxylic acids is 1. The van der Waals surface area contributed by atoms with Crippen LogP contribution < -0.4 is 0 Å². The van der Waals surface area contributed by atoms with Gasteiger partial charge in [0.1, 0.15) is 30.5 Å². The molecule has 0 spiro atoms. The second kappa shape index (κ2) is 53.5. The lowest BCUT2D eigenvalue weighted by atomic mass is 9.99. The van der Waals surface area contributed by atoms with Gasteiger partial charge in [0.15, 0.2) is 6.29 Å². The lowest BCUT2D eigenvalue weighted by molar-refractivity contribution is -0.301. The van der Waals surface area contributed by atoms with Gasteiger partial charge in [-0.15, -0.1) is 0 Å². The first kappa shape index (κ1) is 71.9. The molecule has 1 heterocycles. The Kier molecular flexibility index (Phi) is 51.2. The van der Waals surface area contributed by atoms with Gasteiger partial charge in [0.2, 0.25) is 0 Å². The maximum Gasteiger partial charge on any atom is 0.397 e. The van der Waals surface area contributed by atoms with Gasteiger partial charge in [-0.1, -0.05) is 283 Å². The van der Waals surface area contributed by atoms with Crippen molar-refractivity contribution in [1.29, 1.82) is 0 Å². The molecule has 0 aliphatic carbocycles. The molecule has 12 nitrogen and oxygen atoms in total. The Bertz CT molecular complexity index is 1350. The van der Waals surface area contributed by atoms with Crippen molar-refractivity contribution >= 4 is 16.4 Å². The maximum absolute atomic E-state index is 13.0. The molecule has 1 rings (SSSR count). The SMILES string of the molecule is CCCCCCCCCC/C=C\CCCCCCCCCCCCCCCCOCC(COC1OC(CO)C(O)C(OS(=O)(=O)O)C1O)OC(=O)CCCCCCCCCCCCCCCCCCCCCCCC. The first-order chi connectivity index (χ1) is 36.6. The molecule has 1 fully saturated rings. The molecule has 6 unspecified atom stereocenters. The Hall–Kier alpha value is -1.16. The number of carbonyl (C=O) groups is 1. The quantitative estimate of drug-likeness (QED) is 0.0196. The van der Waals surface area contributed by atoms with Gasteiger partial charge in [-0.3, -0.25) is 9.35 Å². The van der Waals surface area contributed by atoms with Gasteiger partial charge < -0.3 is 34.3 Å². The van der Waals surface area contributed by atoms with E-state index in [2.05, 4.69) is 30.2 Å². The molecule has 446 valence electrons. The molecule has 0 aromatic rings. The summed E-state index contributed by atoms with van der Waals surface area (Å²) in [5.74, 6) is -0.389. The van der Waals surface area contributed by atoms with E-state index in [1.807, 2.05) is 0 Å². The van der Waals surface area contributed by atoms with E-state index < -0.39 is 53.8 Å². The van der Waals surface area contributed by atoms with Gasteiger partial charge in [0, 0.05) is 13.0 Å². The summed E-state index contributed by atoms with van der Waals surface area (Å²) in [6, 6.07) is 0. The van der Waals surface area contributed by atoms with Crippen molar-refractivity contribution < 1.29 is 56.2 Å². The van der Waals surface area contributed by atoms with Crippen molar-refractivity contribution in [2.24, 2.45) is 0 Å². The molecule has 0 radical (unpaired) electrons. The zero-order chi connectivity index (χ0) is 54.6. The summed E-state index contributed by atoms with van der Waals surface area (Å²) in [6.45, 7) is 4.08. The minimum absolute atomic E-state index is 0.0434. The first-order valence-corrected chi connectivity index (χ1v) is 33.3. The maximum atomic E-state index is 13.0. The van der Waals surface area contributed by atoms with E-state index in [1.54, 1.807) is 0 Å². The topological polar surface area (TPSA) is 178 Å². The Balaban J connectivity index is 2.23. The highest BCUT2D eigenvalue weighted by Crippen LogP contribution is 2.26. The van der Waals surface area contributed by atoms with E-state index in [1.165, 1.54) is 250 Å². The van der Waals surface area contributed by atoms with Gasteiger partial charge >= 0.3 is 16.4 Å². The van der Waals surface area contributed by atoms with Crippen molar-refractivity contribution in [3.05, 3.63) is 12.2 Å². The van der Waals surface area contributed by atoms with Crippen LogP contribution in [0.4, 0.5) is 0 Å². The Morgan fingerprint density at radius 2 is 0.840 bits per heavy atom. The fourth-order valence-corrected chi connectivity index (χ4v) is 10.8. The third kappa shape index (κ3) is 46.3. The summed E-state index contributed by atoms with van der Waals surface area (Å²) in [5.41, 5.74) is 0. The second-order valence-electron chi connectivity index (χ2n) is 22.4. The van der Waals surface area contributed by atoms with E-state index in [-0.39, 0.29) is 25.6 Å². The third-order valence-corrected chi connectivity index (χ3v) is 15.6. The van der Waals surface area contributed by atoms with Crippen molar-refractivity contribution in [2.45, 2.75) is 352 Å². The lowest BCUT2D eigenvalue weighted by Crippen LogP contribution is -2.60. The Morgan fingerprint density at radius 1 is 0.493 bits per heavy atom. The van der Waals surface area contributed by atoms with Crippen LogP contribution in [0.15, 0.2) is 12.2 Å². The number of allylic oxidation sites excluding steroid dienone is 2. The summed E-state index contributed by atoms with van der Waals surface area (Å²) in [6.07, 6.45) is 55.5. The van der Waals surface area contributed by atoms with Gasteiger partial charge in [-0.05, 0) is 38.5 Å². The van der Waals surface area contributed by atoms with Crippen molar-refractivity contribution in [1.82, 2.24) is 0 Å². The summed E-state index contributed by atoms with van der Waals surface area (Å²) in [4.78, 5) is 13.0. The molecule has 1 saturated heterocycles. The summed E-state index contributed by atoms with van der Waals surface area (Å²) in [5, 5.41) is 30.9. The first-order valence-electron chi connectivity index (χ1n) is 31.9. The van der Waals surface area contributed by atoms with Crippen LogP contribution in [0.5, 0.6) is 0 Å². The minimum atomic E-state index is -5.07. The molecule has 6 atom stereocenters. The number of ether oxygens (including phenoxy) is 4. The molecule has 0 saturated carbocycles. The Morgan fingerprint density at radius 3 is 1.20 bits per heavy atom. The highest BCUT2D eigenvalue weighted by atomic mass is 32.3. The number of hydrogen-bond donors (Lipinski definition) is 4. The van der Waals surface area contributed by atoms with Gasteiger partial charge in [0.05, 0.1) is 19.8 Å². The van der Waals surface area contributed by atoms with E-state index in [0.29, 0.717) is 13.0 Å². The zero-order valence-corrected chi connectivity index (χ0v) is 49.5. The fraction of sp³-hybridized carbons (Fsp3) is 0.952. The molecular formula is C62H120O12S. The average molecular weight is 1090 g/mol. The number of rotatable bonds is 58. The molecule has 13 heteroatoms. The molecule has 1 aliphatic rings. The predicted octanol–water partition coefficient (Wildman–Crippen LogP) is 16.5. The number of unbranched alkanes of at least 4 members (excludes halogenated alkanes) is 43. The monoisotopic (exact) mass is 1090 g/mol. The zero-order valence-electron chi connectivity index (χ0n) is 48.6. The van der Waals surface area contributed by atoms with Crippen molar-refractivity contribution in [3.8, 4) is 0 Å². The number of esters is 1. The minimum Gasteiger partial charge on any atom is -0.457 e. The molecule has 4 N–H and O–H groups in total. The summed E-state index contributed by atoms with van der Waals surface area (Å²) < 4.78 is 59.6. The average Bonchev–Trinajstić information content (AvgIpc) is 3.39. The van der Waals surface area contributed by atoms with Crippen LogP contribution in [-0.2, 0) is 38.3 Å². The standard InChI is InChI=1S/C62H120O12S/c1-3-5-7-9-11-13-15-17-19-21-23-25-27-28-29-30-32-34-36-38-40-42-44-46-48-50-52-70-54-56(55-71-62-60(66)61(74-75(67,68)69)59(65)57(53-63)73-62)72-58(64)51-49-47-45-43-41-39-37-35-33-31-26-24-22-20-18-16-14-12-10-8-6-4-2/h21,23,56-57,59-63,65-66H,3-20,22,24-55H2,1-2H3,(H,67,68,69)/b23-21-. The van der Waals surface area contributed by atoms with Crippen molar-refractivity contribution in [3.63, 3.8) is 0 Å². The molecule has 0 aromatic heterocycles. The van der Waals surface area contributed by atoms with Crippen LogP contribution >= 0.6 is 0 Å². The van der Waals surface area contributed by atoms with Gasteiger partial charge in [-0.25, -0.2) is 4.18 Å². The van der Waals surface area contributed by atoms with Crippen LogP contribution in [0.25, 0.3) is 0 Å². The molecule has 0 bridgehead atoms. The molecule has 1 aliphatic heterocycles. The fourth-order valence-electron chi connectivity index (χ4n) is 10.3. The van der Waals surface area contributed by atoms with Crippen molar-refractivity contribution in [2.75, 3.05) is 26.4 Å². The van der Waals surface area contributed by atoms with E-state index >= 15 is 0 Å². The smallest absolute Gasteiger partial charge is 0.397 e. The molecular weight excluding hydrogens is 969 g/mol. The Labute approximate surface area is 461 Å². The van der Waals surface area contributed by atoms with Gasteiger partial charge in [0.25, 0.3) is 0 Å². The van der Waals surface area contributed by atoms with Crippen LogP contribution in [0.1, 0.15) is 316 Å². The molecule has 75 heavy (non-hydrogen) atoms. The number of aliphatic hydroxyl groups is 3. The molecule has 0 amide bonds. The van der Waals surface area contributed by atoms with Crippen LogP contribution in [0.3, 0.4) is 0 Å². The van der Waals surface area contributed by atoms with E-state index in [0.717, 1.165) is 38.5 Å².